The summed E-state index contributed by atoms with van der Waals surface area (Å²) in [5.41, 5.74) is 0. The van der Waals surface area contributed by atoms with Crippen molar-refractivity contribution in [3.63, 3.8) is 0 Å². The number of hydrogen-bond acceptors (Lipinski definition) is 5. The molecule has 0 radical (unpaired) electrons. The maximum absolute atomic E-state index is 11.5. The van der Waals surface area contributed by atoms with Gasteiger partial charge in [-0.1, -0.05) is 0 Å². The summed E-state index contributed by atoms with van der Waals surface area (Å²) in [6.45, 7) is 1.55. The smallest absolute Gasteiger partial charge is 0.308 e. The van der Waals surface area contributed by atoms with E-state index in [1.807, 2.05) is 0 Å². The van der Waals surface area contributed by atoms with Crippen molar-refractivity contribution < 1.29 is 19.0 Å². The molecule has 1 aliphatic carbocycles. The Morgan fingerprint density at radius 2 is 1.65 bits per heavy atom. The van der Waals surface area contributed by atoms with Gasteiger partial charge in [-0.25, -0.2) is 0 Å². The molecule has 0 amide bonds. The van der Waals surface area contributed by atoms with Crippen molar-refractivity contribution in [2.24, 2.45) is 5.92 Å². The highest BCUT2D eigenvalue weighted by atomic mass is 16.5. The molecule has 0 aromatic rings. The number of ether oxygens (including phenoxy) is 3. The van der Waals surface area contributed by atoms with Gasteiger partial charge in [0.15, 0.2) is 0 Å². The molecule has 2 fully saturated rings. The molecule has 1 N–H and O–H groups in total. The van der Waals surface area contributed by atoms with E-state index in [1.54, 1.807) is 7.11 Å². The molecular formula is C15H27NO4. The van der Waals surface area contributed by atoms with Gasteiger partial charge in [0.25, 0.3) is 0 Å². The fourth-order valence-electron chi connectivity index (χ4n) is 3.25. The minimum absolute atomic E-state index is 0.0664. The lowest BCUT2D eigenvalue weighted by Gasteiger charge is -2.28. The van der Waals surface area contributed by atoms with Crippen LogP contribution in [0.1, 0.15) is 38.5 Å². The average Bonchev–Trinajstić information content (AvgIpc) is 2.93. The van der Waals surface area contributed by atoms with Gasteiger partial charge < -0.3 is 19.5 Å². The Kier molecular flexibility index (Phi) is 6.26. The first-order valence-corrected chi connectivity index (χ1v) is 7.67. The van der Waals surface area contributed by atoms with Gasteiger partial charge >= 0.3 is 5.97 Å². The first-order valence-electron chi connectivity index (χ1n) is 7.67. The molecule has 1 heterocycles. The van der Waals surface area contributed by atoms with E-state index in [0.29, 0.717) is 18.2 Å². The largest absolute Gasteiger partial charge is 0.469 e. The van der Waals surface area contributed by atoms with Crippen LogP contribution < -0.4 is 5.32 Å². The van der Waals surface area contributed by atoms with Crippen LogP contribution in [-0.4, -0.2) is 51.6 Å². The number of hydrogen-bond donors (Lipinski definition) is 1. The lowest BCUT2D eigenvalue weighted by molar-refractivity contribution is -0.147. The summed E-state index contributed by atoms with van der Waals surface area (Å²) in [5, 5.41) is 3.54. The number of carbonyl (C=O) groups excluding carboxylic acids is 1. The van der Waals surface area contributed by atoms with Crippen LogP contribution in [0, 0.1) is 5.92 Å². The number of methoxy groups -OCH3 is 2. The van der Waals surface area contributed by atoms with E-state index in [4.69, 9.17) is 14.2 Å². The van der Waals surface area contributed by atoms with Crippen LogP contribution in [0.2, 0.25) is 0 Å². The predicted molar refractivity (Wildman–Crippen MR) is 75.5 cm³/mol. The minimum atomic E-state index is -0.0664. The zero-order valence-corrected chi connectivity index (χ0v) is 12.6. The molecule has 0 aromatic carbocycles. The molecule has 5 heteroatoms. The van der Waals surface area contributed by atoms with Crippen LogP contribution in [0.15, 0.2) is 0 Å². The van der Waals surface area contributed by atoms with Gasteiger partial charge in [0, 0.05) is 19.2 Å². The first kappa shape index (κ1) is 15.7. The summed E-state index contributed by atoms with van der Waals surface area (Å²) in [5.74, 6) is 0.0128. The van der Waals surface area contributed by atoms with Crippen LogP contribution in [-0.2, 0) is 19.0 Å². The Morgan fingerprint density at radius 1 is 1.00 bits per heavy atom. The highest BCUT2D eigenvalue weighted by Gasteiger charge is 2.29. The Hall–Kier alpha value is -0.650. The van der Waals surface area contributed by atoms with Crippen LogP contribution in [0.3, 0.4) is 0 Å². The lowest BCUT2D eigenvalue weighted by Crippen LogP contribution is -2.37. The van der Waals surface area contributed by atoms with Crippen LogP contribution in [0.4, 0.5) is 0 Å². The Labute approximate surface area is 121 Å². The number of esters is 1. The van der Waals surface area contributed by atoms with Crippen molar-refractivity contribution in [2.75, 3.05) is 27.4 Å². The summed E-state index contributed by atoms with van der Waals surface area (Å²) >= 11 is 0. The predicted octanol–water partition coefficient (Wildman–Crippen LogP) is 1.50. The molecule has 1 saturated heterocycles. The van der Waals surface area contributed by atoms with Crippen LogP contribution in [0.5, 0.6) is 0 Å². The van der Waals surface area contributed by atoms with Gasteiger partial charge in [-0.15, -0.1) is 0 Å². The zero-order valence-electron chi connectivity index (χ0n) is 12.6. The second kappa shape index (κ2) is 7.96. The minimum Gasteiger partial charge on any atom is -0.469 e. The van der Waals surface area contributed by atoms with Gasteiger partial charge in [0.2, 0.25) is 0 Å². The zero-order chi connectivity index (χ0) is 14.4. The van der Waals surface area contributed by atoms with Gasteiger partial charge in [-0.3, -0.25) is 4.79 Å². The fourth-order valence-corrected chi connectivity index (χ4v) is 3.25. The molecule has 2 atom stereocenters. The first-order chi connectivity index (χ1) is 9.72. The van der Waals surface area contributed by atoms with E-state index in [2.05, 4.69) is 5.32 Å². The van der Waals surface area contributed by atoms with Crippen LogP contribution >= 0.6 is 0 Å². The van der Waals surface area contributed by atoms with Gasteiger partial charge in [-0.2, -0.15) is 0 Å². The second-order valence-corrected chi connectivity index (χ2v) is 5.92. The average molecular weight is 285 g/mol. The van der Waals surface area contributed by atoms with Gasteiger partial charge in [-0.05, 0) is 38.5 Å². The summed E-state index contributed by atoms with van der Waals surface area (Å²) in [7, 11) is 3.21. The van der Waals surface area contributed by atoms with Crippen molar-refractivity contribution in [2.45, 2.75) is 56.7 Å². The van der Waals surface area contributed by atoms with E-state index in [1.165, 1.54) is 7.11 Å². The normalized spacial score (nSPS) is 34.1. The van der Waals surface area contributed by atoms with Crippen molar-refractivity contribution in [1.29, 1.82) is 0 Å². The molecule has 20 heavy (non-hydrogen) atoms. The molecule has 116 valence electrons. The molecule has 0 bridgehead atoms. The summed E-state index contributed by atoms with van der Waals surface area (Å²) in [6.07, 6.45) is 6.34. The van der Waals surface area contributed by atoms with E-state index >= 15 is 0 Å². The molecule has 1 saturated carbocycles. The standard InChI is InChI=1S/C15H27NO4/c1-18-9-12-5-6-13(16-12)10-20-14-7-3-11(4-8-14)15(17)19-2/h11-14,16H,3-10H2,1-2H3/t11-,12-,13+,14-/m1/s1. The third-order valence-corrected chi connectivity index (χ3v) is 4.44. The van der Waals surface area contributed by atoms with Crippen molar-refractivity contribution >= 4 is 5.97 Å². The van der Waals surface area contributed by atoms with Crippen molar-refractivity contribution in [1.82, 2.24) is 5.32 Å². The topological polar surface area (TPSA) is 56.8 Å². The highest BCUT2D eigenvalue weighted by molar-refractivity contribution is 5.72. The Morgan fingerprint density at radius 3 is 2.25 bits per heavy atom. The molecular weight excluding hydrogens is 258 g/mol. The third kappa shape index (κ3) is 4.43. The molecule has 2 aliphatic rings. The summed E-state index contributed by atoms with van der Waals surface area (Å²) < 4.78 is 16.0. The monoisotopic (exact) mass is 285 g/mol. The van der Waals surface area contributed by atoms with Gasteiger partial charge in [0.05, 0.1) is 32.3 Å². The van der Waals surface area contributed by atoms with Gasteiger partial charge in [0.1, 0.15) is 0 Å². The highest BCUT2D eigenvalue weighted by Crippen LogP contribution is 2.27. The van der Waals surface area contributed by atoms with E-state index < -0.39 is 0 Å². The maximum Gasteiger partial charge on any atom is 0.308 e. The van der Waals surface area contributed by atoms with Crippen molar-refractivity contribution in [3.05, 3.63) is 0 Å². The molecule has 0 unspecified atom stereocenters. The van der Waals surface area contributed by atoms with Crippen molar-refractivity contribution in [3.8, 4) is 0 Å². The molecule has 1 aliphatic heterocycles. The SMILES string of the molecule is COC[C@H]1CC[C@@H](CO[C@H]2CC[C@H](C(=O)OC)CC2)N1. The fraction of sp³-hybridized carbons (Fsp3) is 0.933. The number of rotatable bonds is 6. The Balaban J connectivity index is 1.61. The van der Waals surface area contributed by atoms with E-state index in [-0.39, 0.29) is 11.9 Å². The number of nitrogens with one attached hydrogen (secondary N) is 1. The second-order valence-electron chi connectivity index (χ2n) is 5.92. The molecule has 2 rings (SSSR count). The Bertz CT molecular complexity index is 302. The maximum atomic E-state index is 11.5. The molecule has 0 spiro atoms. The quantitative estimate of drug-likeness (QED) is 0.750. The summed E-state index contributed by atoms with van der Waals surface area (Å²) in [6, 6.07) is 0.928. The summed E-state index contributed by atoms with van der Waals surface area (Å²) in [4.78, 5) is 11.5. The van der Waals surface area contributed by atoms with E-state index in [9.17, 15) is 4.79 Å². The molecule has 5 nitrogen and oxygen atoms in total. The third-order valence-electron chi connectivity index (χ3n) is 4.44. The lowest BCUT2D eigenvalue weighted by atomic mass is 9.87. The van der Waals surface area contributed by atoms with E-state index in [0.717, 1.165) is 51.7 Å². The molecule has 0 aromatic heterocycles. The van der Waals surface area contributed by atoms with Crippen LogP contribution in [0.25, 0.3) is 0 Å². The number of carbonyl (C=O) groups is 1.